The van der Waals surface area contributed by atoms with E-state index in [0.29, 0.717) is 17.9 Å². The summed E-state index contributed by atoms with van der Waals surface area (Å²) in [6, 6.07) is 11.8. The molecule has 0 amide bonds. The molecule has 2 heterocycles. The van der Waals surface area contributed by atoms with Gasteiger partial charge >= 0.3 is 5.97 Å². The van der Waals surface area contributed by atoms with Gasteiger partial charge in [-0.25, -0.2) is 14.3 Å². The van der Waals surface area contributed by atoms with Crippen LogP contribution in [0, 0.1) is 6.92 Å². The van der Waals surface area contributed by atoms with Gasteiger partial charge in [0.25, 0.3) is 0 Å². The van der Waals surface area contributed by atoms with Gasteiger partial charge in [-0.2, -0.15) is 5.10 Å². The Bertz CT molecular complexity index is 869. The number of ether oxygens (including phenoxy) is 1. The van der Waals surface area contributed by atoms with Crippen LogP contribution in [0.15, 0.2) is 36.4 Å². The van der Waals surface area contributed by atoms with Crippen LogP contribution < -0.4 is 0 Å². The number of aromatic nitrogens is 3. The van der Waals surface area contributed by atoms with Crippen molar-refractivity contribution in [1.29, 1.82) is 0 Å². The van der Waals surface area contributed by atoms with Crippen LogP contribution in [0.2, 0.25) is 0 Å². The molecule has 3 rings (SSSR count). The second kappa shape index (κ2) is 6.83. The Hall–Kier alpha value is -2.69. The van der Waals surface area contributed by atoms with Gasteiger partial charge in [-0.05, 0) is 31.9 Å². The first kappa shape index (κ1) is 16.2. The van der Waals surface area contributed by atoms with Crippen molar-refractivity contribution in [3.63, 3.8) is 0 Å². The molecule has 0 aliphatic heterocycles. The zero-order valence-corrected chi connectivity index (χ0v) is 14.2. The van der Waals surface area contributed by atoms with Crippen LogP contribution in [-0.4, -0.2) is 27.2 Å². The van der Waals surface area contributed by atoms with E-state index in [1.807, 2.05) is 41.8 Å². The lowest BCUT2D eigenvalue weighted by Crippen LogP contribution is -2.11. The molecule has 0 saturated heterocycles. The molecule has 0 N–H and O–H groups in total. The monoisotopic (exact) mass is 323 g/mol. The number of carbonyl (C=O) groups excluding carboxylic acids is 1. The molecule has 2 aromatic heterocycles. The predicted octanol–water partition coefficient (Wildman–Crippen LogP) is 3.83. The molecule has 0 fully saturated rings. The van der Waals surface area contributed by atoms with Crippen molar-refractivity contribution in [3.8, 4) is 11.1 Å². The highest BCUT2D eigenvalue weighted by Crippen LogP contribution is 2.28. The number of hydrogen-bond donors (Lipinski definition) is 0. The van der Waals surface area contributed by atoms with Gasteiger partial charge in [0, 0.05) is 11.3 Å². The molecule has 0 spiro atoms. The molecular weight excluding hydrogens is 302 g/mol. The van der Waals surface area contributed by atoms with Crippen LogP contribution in [0.25, 0.3) is 16.8 Å². The average molecular weight is 323 g/mol. The van der Waals surface area contributed by atoms with Crippen LogP contribution in [-0.2, 0) is 11.2 Å². The highest BCUT2D eigenvalue weighted by Gasteiger charge is 2.19. The lowest BCUT2D eigenvalue weighted by atomic mass is 10.1. The minimum absolute atomic E-state index is 0.332. The van der Waals surface area contributed by atoms with Crippen LogP contribution in [0.5, 0.6) is 0 Å². The van der Waals surface area contributed by atoms with E-state index in [0.717, 1.165) is 35.4 Å². The lowest BCUT2D eigenvalue weighted by Gasteiger charge is -2.08. The number of rotatable bonds is 5. The molecule has 3 aromatic rings. The highest BCUT2D eigenvalue weighted by molar-refractivity contribution is 5.89. The maximum absolute atomic E-state index is 12.2. The van der Waals surface area contributed by atoms with Crippen molar-refractivity contribution in [3.05, 3.63) is 53.5 Å². The van der Waals surface area contributed by atoms with Gasteiger partial charge in [-0.15, -0.1) is 0 Å². The summed E-state index contributed by atoms with van der Waals surface area (Å²) in [4.78, 5) is 16.7. The fourth-order valence-electron chi connectivity index (χ4n) is 2.87. The van der Waals surface area contributed by atoms with Gasteiger partial charge in [-0.1, -0.05) is 43.7 Å². The maximum atomic E-state index is 12.2. The van der Waals surface area contributed by atoms with E-state index in [1.54, 1.807) is 13.0 Å². The molecule has 0 aliphatic carbocycles. The van der Waals surface area contributed by atoms with Gasteiger partial charge < -0.3 is 4.74 Å². The minimum atomic E-state index is -0.393. The van der Waals surface area contributed by atoms with Crippen molar-refractivity contribution in [2.24, 2.45) is 0 Å². The number of hydrogen-bond acceptors (Lipinski definition) is 4. The molecule has 0 unspecified atom stereocenters. The fourth-order valence-corrected chi connectivity index (χ4v) is 2.87. The Labute approximate surface area is 141 Å². The molecule has 0 aliphatic rings. The van der Waals surface area contributed by atoms with Crippen LogP contribution in [0.4, 0.5) is 0 Å². The third-order valence-electron chi connectivity index (χ3n) is 3.89. The molecule has 124 valence electrons. The van der Waals surface area contributed by atoms with E-state index >= 15 is 0 Å². The third-order valence-corrected chi connectivity index (χ3v) is 3.89. The van der Waals surface area contributed by atoms with Crippen molar-refractivity contribution in [2.45, 2.75) is 33.6 Å². The van der Waals surface area contributed by atoms with Gasteiger partial charge in [0.15, 0.2) is 11.3 Å². The number of esters is 1. The summed E-state index contributed by atoms with van der Waals surface area (Å²) in [7, 11) is 0. The summed E-state index contributed by atoms with van der Waals surface area (Å²) in [5.41, 5.74) is 4.90. The second-order valence-electron chi connectivity index (χ2n) is 5.67. The normalized spacial score (nSPS) is 11.0. The first-order valence-corrected chi connectivity index (χ1v) is 8.27. The first-order chi connectivity index (χ1) is 11.7. The zero-order chi connectivity index (χ0) is 17.1. The number of aryl methyl sites for hydroxylation is 2. The van der Waals surface area contributed by atoms with Crippen LogP contribution in [0.3, 0.4) is 0 Å². The molecule has 0 bridgehead atoms. The van der Waals surface area contributed by atoms with E-state index in [9.17, 15) is 4.79 Å². The Balaban J connectivity index is 2.26. The highest BCUT2D eigenvalue weighted by atomic mass is 16.5. The number of nitrogens with zero attached hydrogens (tertiary/aromatic N) is 3. The summed E-state index contributed by atoms with van der Waals surface area (Å²) in [6.45, 7) is 6.20. The molecule has 24 heavy (non-hydrogen) atoms. The Kier molecular flexibility index (Phi) is 4.60. The van der Waals surface area contributed by atoms with E-state index in [1.165, 1.54) is 0 Å². The lowest BCUT2D eigenvalue weighted by molar-refractivity contribution is 0.0519. The number of fused-ring (bicyclic) bond motifs is 1. The van der Waals surface area contributed by atoms with Gasteiger partial charge in [0.2, 0.25) is 0 Å². The fraction of sp³-hybridized carbons (Fsp3) is 0.316. The topological polar surface area (TPSA) is 56.5 Å². The standard InChI is InChI=1S/C19H21N3O2/c1-4-9-15-12-16(19(23)24-5-2)20-18-17(13(3)21-22(15)18)14-10-7-6-8-11-14/h6-8,10-12H,4-5,9H2,1-3H3. The predicted molar refractivity (Wildman–Crippen MR) is 93.1 cm³/mol. The molecule has 5 nitrogen and oxygen atoms in total. The molecular formula is C19H21N3O2. The van der Waals surface area contributed by atoms with Crippen molar-refractivity contribution >= 4 is 11.6 Å². The smallest absolute Gasteiger partial charge is 0.357 e. The van der Waals surface area contributed by atoms with Crippen LogP contribution >= 0.6 is 0 Å². The Morgan fingerprint density at radius 2 is 1.96 bits per heavy atom. The molecule has 0 saturated carbocycles. The van der Waals surface area contributed by atoms with Crippen molar-refractivity contribution < 1.29 is 9.53 Å². The van der Waals surface area contributed by atoms with Crippen molar-refractivity contribution in [1.82, 2.24) is 14.6 Å². The summed E-state index contributed by atoms with van der Waals surface area (Å²) >= 11 is 0. The first-order valence-electron chi connectivity index (χ1n) is 8.27. The summed E-state index contributed by atoms with van der Waals surface area (Å²) in [5.74, 6) is -0.393. The third kappa shape index (κ3) is 2.89. The summed E-state index contributed by atoms with van der Waals surface area (Å²) < 4.78 is 6.98. The number of benzene rings is 1. The van der Waals surface area contributed by atoms with E-state index in [-0.39, 0.29) is 0 Å². The second-order valence-corrected chi connectivity index (χ2v) is 5.67. The quantitative estimate of drug-likeness (QED) is 0.670. The molecule has 1 aromatic carbocycles. The summed E-state index contributed by atoms with van der Waals surface area (Å²) in [5, 5.41) is 4.66. The maximum Gasteiger partial charge on any atom is 0.357 e. The number of carbonyl (C=O) groups is 1. The zero-order valence-electron chi connectivity index (χ0n) is 14.2. The Morgan fingerprint density at radius 3 is 2.62 bits per heavy atom. The SMILES string of the molecule is CCCc1cc(C(=O)OCC)nc2c(-c3ccccc3)c(C)nn12. The van der Waals surface area contributed by atoms with Gasteiger partial charge in [0.05, 0.1) is 12.3 Å². The molecule has 5 heteroatoms. The van der Waals surface area contributed by atoms with E-state index < -0.39 is 5.97 Å². The molecule has 0 radical (unpaired) electrons. The van der Waals surface area contributed by atoms with Crippen molar-refractivity contribution in [2.75, 3.05) is 6.61 Å². The summed E-state index contributed by atoms with van der Waals surface area (Å²) in [6.07, 6.45) is 1.78. The Morgan fingerprint density at radius 1 is 1.21 bits per heavy atom. The van der Waals surface area contributed by atoms with Crippen LogP contribution in [0.1, 0.15) is 42.1 Å². The van der Waals surface area contributed by atoms with Gasteiger partial charge in [0.1, 0.15) is 0 Å². The average Bonchev–Trinajstić information content (AvgIpc) is 2.92. The molecule has 0 atom stereocenters. The minimum Gasteiger partial charge on any atom is -0.461 e. The van der Waals surface area contributed by atoms with Gasteiger partial charge in [-0.3, -0.25) is 0 Å². The largest absolute Gasteiger partial charge is 0.461 e. The van der Waals surface area contributed by atoms with E-state index in [2.05, 4.69) is 17.0 Å². The van der Waals surface area contributed by atoms with E-state index in [4.69, 9.17) is 4.74 Å².